The number of anilines is 2. The Morgan fingerprint density at radius 1 is 1.17 bits per heavy atom. The molecule has 0 fully saturated rings. The predicted octanol–water partition coefficient (Wildman–Crippen LogP) is 1.91. The summed E-state index contributed by atoms with van der Waals surface area (Å²) < 4.78 is 9.89. The first-order chi connectivity index (χ1) is 11.5. The number of carbonyl (C=O) groups excluding carboxylic acids is 3. The summed E-state index contributed by atoms with van der Waals surface area (Å²) in [5, 5.41) is 6.77. The Morgan fingerprint density at radius 2 is 1.88 bits per heavy atom. The van der Waals surface area contributed by atoms with Crippen LogP contribution in [0.5, 0.6) is 5.75 Å². The minimum Gasteiger partial charge on any atom is -0.497 e. The van der Waals surface area contributed by atoms with Crippen molar-refractivity contribution in [2.24, 2.45) is 0 Å². The highest BCUT2D eigenvalue weighted by Crippen LogP contribution is 2.16. The number of nitrogens with zero attached hydrogens (tertiary/aromatic N) is 1. The number of nitrogens with one attached hydrogen (secondary N) is 2. The Balaban J connectivity index is 1.83. The van der Waals surface area contributed by atoms with E-state index in [0.29, 0.717) is 11.4 Å². The van der Waals surface area contributed by atoms with Gasteiger partial charge >= 0.3 is 5.97 Å². The van der Waals surface area contributed by atoms with Gasteiger partial charge in [-0.2, -0.15) is 0 Å². The lowest BCUT2D eigenvalue weighted by Gasteiger charge is -2.06. The smallest absolute Gasteiger partial charge is 0.358 e. The zero-order valence-corrected chi connectivity index (χ0v) is 13.8. The molecule has 0 saturated carbocycles. The van der Waals surface area contributed by atoms with E-state index in [0.717, 1.165) is 11.3 Å². The first-order valence-corrected chi connectivity index (χ1v) is 7.70. The van der Waals surface area contributed by atoms with Crippen LogP contribution in [-0.4, -0.2) is 36.5 Å². The van der Waals surface area contributed by atoms with Crippen LogP contribution < -0.4 is 15.4 Å². The average Bonchev–Trinajstić information content (AvgIpc) is 3.01. The number of carbonyl (C=O) groups is 3. The number of rotatable bonds is 6. The van der Waals surface area contributed by atoms with Crippen molar-refractivity contribution in [2.75, 3.05) is 24.4 Å². The summed E-state index contributed by atoms with van der Waals surface area (Å²) >= 11 is 1.09. The molecule has 0 atom stereocenters. The minimum atomic E-state index is -0.743. The molecule has 2 aromatic rings. The molecular formula is C15H15N3O5S. The summed E-state index contributed by atoms with van der Waals surface area (Å²) in [4.78, 5) is 38.4. The second kappa shape index (κ2) is 8.06. The molecular weight excluding hydrogens is 334 g/mol. The van der Waals surface area contributed by atoms with Gasteiger partial charge in [-0.3, -0.25) is 9.59 Å². The average molecular weight is 349 g/mol. The highest BCUT2D eigenvalue weighted by Gasteiger charge is 2.14. The van der Waals surface area contributed by atoms with Crippen LogP contribution in [0.1, 0.15) is 17.4 Å². The van der Waals surface area contributed by atoms with E-state index in [1.165, 1.54) is 12.3 Å². The standard InChI is InChI=1S/C15H15N3O5S/c1-9(19)16-15-18-12(8-24-15)14(21)23-7-13(20)17-10-3-5-11(22-2)6-4-10/h3-6,8H,7H2,1-2H3,(H,17,20)(H,16,18,19). The lowest BCUT2D eigenvalue weighted by atomic mass is 10.3. The topological polar surface area (TPSA) is 107 Å². The summed E-state index contributed by atoms with van der Waals surface area (Å²) in [6, 6.07) is 6.72. The molecule has 2 N–H and O–H groups in total. The Morgan fingerprint density at radius 3 is 2.50 bits per heavy atom. The van der Waals surface area contributed by atoms with Crippen molar-refractivity contribution in [3.05, 3.63) is 35.3 Å². The third-order valence-corrected chi connectivity index (χ3v) is 3.46. The van der Waals surface area contributed by atoms with E-state index in [1.54, 1.807) is 31.4 Å². The fourth-order valence-electron chi connectivity index (χ4n) is 1.65. The zero-order chi connectivity index (χ0) is 17.5. The van der Waals surface area contributed by atoms with Crippen LogP contribution in [0.2, 0.25) is 0 Å². The van der Waals surface area contributed by atoms with Gasteiger partial charge in [0.2, 0.25) is 5.91 Å². The highest BCUT2D eigenvalue weighted by atomic mass is 32.1. The van der Waals surface area contributed by atoms with Crippen molar-refractivity contribution in [1.82, 2.24) is 4.98 Å². The number of esters is 1. The summed E-state index contributed by atoms with van der Waals surface area (Å²) in [6.45, 7) is 0.890. The molecule has 0 aliphatic rings. The minimum absolute atomic E-state index is 0.0287. The number of benzene rings is 1. The molecule has 1 aromatic heterocycles. The van der Waals surface area contributed by atoms with Crippen molar-refractivity contribution in [3.63, 3.8) is 0 Å². The van der Waals surface area contributed by atoms with Crippen LogP contribution in [0.4, 0.5) is 10.8 Å². The predicted molar refractivity (Wildman–Crippen MR) is 88.3 cm³/mol. The van der Waals surface area contributed by atoms with Crippen LogP contribution in [-0.2, 0) is 14.3 Å². The molecule has 126 valence electrons. The number of ether oxygens (including phenoxy) is 2. The van der Waals surface area contributed by atoms with Gasteiger partial charge in [0.25, 0.3) is 5.91 Å². The first kappa shape index (κ1) is 17.4. The van der Waals surface area contributed by atoms with Gasteiger partial charge in [0.05, 0.1) is 7.11 Å². The summed E-state index contributed by atoms with van der Waals surface area (Å²) in [5.41, 5.74) is 0.583. The molecule has 8 nitrogen and oxygen atoms in total. The monoisotopic (exact) mass is 349 g/mol. The molecule has 0 radical (unpaired) electrons. The lowest BCUT2D eigenvalue weighted by Crippen LogP contribution is -2.21. The van der Waals surface area contributed by atoms with Gasteiger partial charge in [-0.15, -0.1) is 11.3 Å². The maximum atomic E-state index is 11.8. The van der Waals surface area contributed by atoms with E-state index in [9.17, 15) is 14.4 Å². The van der Waals surface area contributed by atoms with E-state index < -0.39 is 18.5 Å². The van der Waals surface area contributed by atoms with E-state index >= 15 is 0 Å². The zero-order valence-electron chi connectivity index (χ0n) is 13.0. The molecule has 1 aromatic carbocycles. The molecule has 0 saturated heterocycles. The molecule has 0 spiro atoms. The lowest BCUT2D eigenvalue weighted by molar-refractivity contribution is -0.119. The van der Waals surface area contributed by atoms with Crippen LogP contribution in [0, 0.1) is 0 Å². The molecule has 0 bridgehead atoms. The molecule has 0 aliphatic heterocycles. The quantitative estimate of drug-likeness (QED) is 0.772. The molecule has 24 heavy (non-hydrogen) atoms. The van der Waals surface area contributed by atoms with Gasteiger partial charge < -0.3 is 20.1 Å². The second-order valence-corrected chi connectivity index (χ2v) is 5.43. The maximum absolute atomic E-state index is 11.8. The van der Waals surface area contributed by atoms with Crippen LogP contribution in [0.15, 0.2) is 29.6 Å². The van der Waals surface area contributed by atoms with Gasteiger partial charge in [0, 0.05) is 18.0 Å². The van der Waals surface area contributed by atoms with Crippen molar-refractivity contribution >= 4 is 39.9 Å². The third-order valence-electron chi connectivity index (χ3n) is 2.70. The fraction of sp³-hybridized carbons (Fsp3) is 0.200. The Bertz CT molecular complexity index is 742. The Labute approximate surface area is 141 Å². The summed E-state index contributed by atoms with van der Waals surface area (Å²) in [5.74, 6) is -0.848. The third kappa shape index (κ3) is 5.06. The molecule has 2 rings (SSSR count). The van der Waals surface area contributed by atoms with Gasteiger partial charge in [-0.1, -0.05) is 0 Å². The van der Waals surface area contributed by atoms with Crippen molar-refractivity contribution in [3.8, 4) is 5.75 Å². The van der Waals surface area contributed by atoms with Crippen molar-refractivity contribution in [1.29, 1.82) is 0 Å². The first-order valence-electron chi connectivity index (χ1n) is 6.82. The number of amides is 2. The summed E-state index contributed by atoms with van der Waals surface area (Å²) in [6.07, 6.45) is 0. The molecule has 0 aliphatic carbocycles. The SMILES string of the molecule is COc1ccc(NC(=O)COC(=O)c2csc(NC(C)=O)n2)cc1. The number of hydrogen-bond donors (Lipinski definition) is 2. The van der Waals surface area contributed by atoms with Gasteiger partial charge in [-0.05, 0) is 24.3 Å². The number of hydrogen-bond acceptors (Lipinski definition) is 7. The largest absolute Gasteiger partial charge is 0.497 e. The number of methoxy groups -OCH3 is 1. The van der Waals surface area contributed by atoms with Gasteiger partial charge in [0.15, 0.2) is 17.4 Å². The van der Waals surface area contributed by atoms with Crippen LogP contribution >= 0.6 is 11.3 Å². The number of aromatic nitrogens is 1. The van der Waals surface area contributed by atoms with Gasteiger partial charge in [0.1, 0.15) is 5.75 Å². The van der Waals surface area contributed by atoms with E-state index in [1.807, 2.05) is 0 Å². The normalized spacial score (nSPS) is 9.92. The fourth-order valence-corrected chi connectivity index (χ4v) is 2.38. The Hall–Kier alpha value is -2.94. The molecule has 2 amide bonds. The van der Waals surface area contributed by atoms with E-state index in [2.05, 4.69) is 15.6 Å². The summed E-state index contributed by atoms with van der Waals surface area (Å²) in [7, 11) is 1.54. The number of thiazole rings is 1. The van der Waals surface area contributed by atoms with Crippen LogP contribution in [0.25, 0.3) is 0 Å². The van der Waals surface area contributed by atoms with E-state index in [-0.39, 0.29) is 16.7 Å². The van der Waals surface area contributed by atoms with E-state index in [4.69, 9.17) is 9.47 Å². The molecule has 9 heteroatoms. The second-order valence-electron chi connectivity index (χ2n) is 4.57. The van der Waals surface area contributed by atoms with Crippen LogP contribution in [0.3, 0.4) is 0 Å². The van der Waals surface area contributed by atoms with Crippen molar-refractivity contribution < 1.29 is 23.9 Å². The molecule has 1 heterocycles. The Kier molecular flexibility index (Phi) is 5.85. The van der Waals surface area contributed by atoms with Gasteiger partial charge in [-0.25, -0.2) is 9.78 Å². The maximum Gasteiger partial charge on any atom is 0.358 e. The highest BCUT2D eigenvalue weighted by molar-refractivity contribution is 7.14. The van der Waals surface area contributed by atoms with Crippen molar-refractivity contribution in [2.45, 2.75) is 6.92 Å². The molecule has 0 unspecified atom stereocenters.